The quantitative estimate of drug-likeness (QED) is 0.840. The fourth-order valence-corrected chi connectivity index (χ4v) is 3.31. The second-order valence-corrected chi connectivity index (χ2v) is 8.43. The summed E-state index contributed by atoms with van der Waals surface area (Å²) in [7, 11) is -6.53. The zero-order valence-corrected chi connectivity index (χ0v) is 12.0. The van der Waals surface area contributed by atoms with Crippen LogP contribution in [0.1, 0.15) is 6.92 Å². The smallest absolute Gasteiger partial charge is 0.179 e. The van der Waals surface area contributed by atoms with Gasteiger partial charge in [0.2, 0.25) is 0 Å². The Balaban J connectivity index is 2.99. The number of rotatable bonds is 5. The Kier molecular flexibility index (Phi) is 4.33. The molecule has 1 aromatic heterocycles. The van der Waals surface area contributed by atoms with E-state index in [9.17, 15) is 16.8 Å². The molecule has 0 aromatic carbocycles. The van der Waals surface area contributed by atoms with Crippen molar-refractivity contribution < 1.29 is 16.8 Å². The maximum atomic E-state index is 11.5. The molecule has 0 spiro atoms. The molecule has 1 aromatic rings. The van der Waals surface area contributed by atoms with Gasteiger partial charge in [0, 0.05) is 24.8 Å². The number of nitrogens with zero attached hydrogens (tertiary/aromatic N) is 1. The van der Waals surface area contributed by atoms with Gasteiger partial charge in [-0.3, -0.25) is 0 Å². The van der Waals surface area contributed by atoms with Gasteiger partial charge in [-0.2, -0.15) is 0 Å². The van der Waals surface area contributed by atoms with E-state index in [1.807, 2.05) is 0 Å². The molecule has 0 aliphatic carbocycles. The summed E-state index contributed by atoms with van der Waals surface area (Å²) in [6.45, 7) is 1.65. The summed E-state index contributed by atoms with van der Waals surface area (Å²) in [5.74, 6) is 0.0865. The van der Waals surface area contributed by atoms with Gasteiger partial charge in [0.25, 0.3) is 0 Å². The van der Waals surface area contributed by atoms with Crippen molar-refractivity contribution in [2.75, 3.05) is 23.6 Å². The van der Waals surface area contributed by atoms with E-state index in [0.717, 1.165) is 12.5 Å². The van der Waals surface area contributed by atoms with Gasteiger partial charge in [0.05, 0.1) is 5.75 Å². The van der Waals surface area contributed by atoms with Crippen LogP contribution in [0.25, 0.3) is 0 Å². The van der Waals surface area contributed by atoms with Crippen LogP contribution in [-0.4, -0.2) is 46.1 Å². The Morgan fingerprint density at radius 3 is 2.39 bits per heavy atom. The Morgan fingerprint density at radius 1 is 1.28 bits per heavy atom. The summed E-state index contributed by atoms with van der Waals surface area (Å²) in [5.41, 5.74) is 0. The minimum atomic E-state index is -3.40. The zero-order valence-electron chi connectivity index (χ0n) is 10.4. The molecule has 0 aliphatic heterocycles. The minimum Gasteiger partial charge on any atom is -0.366 e. The Bertz CT molecular complexity index is 623. The molecule has 8 heteroatoms. The summed E-state index contributed by atoms with van der Waals surface area (Å²) in [4.78, 5) is 3.99. The van der Waals surface area contributed by atoms with Gasteiger partial charge in [-0.1, -0.05) is 0 Å². The van der Waals surface area contributed by atoms with Crippen molar-refractivity contribution in [2.45, 2.75) is 17.9 Å². The van der Waals surface area contributed by atoms with Crippen LogP contribution in [-0.2, 0) is 19.7 Å². The van der Waals surface area contributed by atoms with E-state index in [2.05, 4.69) is 10.3 Å². The lowest BCUT2D eigenvalue weighted by Gasteiger charge is -2.15. The van der Waals surface area contributed by atoms with Gasteiger partial charge < -0.3 is 5.32 Å². The third kappa shape index (κ3) is 4.61. The number of hydrogen-bond acceptors (Lipinski definition) is 6. The van der Waals surface area contributed by atoms with Crippen LogP contribution in [0.3, 0.4) is 0 Å². The van der Waals surface area contributed by atoms with Crippen molar-refractivity contribution >= 4 is 25.5 Å². The largest absolute Gasteiger partial charge is 0.366 e. The molecule has 0 aliphatic rings. The fraction of sp³-hybridized carbons (Fsp3) is 0.500. The van der Waals surface area contributed by atoms with Crippen LogP contribution >= 0.6 is 0 Å². The van der Waals surface area contributed by atoms with E-state index < -0.39 is 25.7 Å². The topological polar surface area (TPSA) is 93.2 Å². The zero-order chi connectivity index (χ0) is 14.0. The van der Waals surface area contributed by atoms with Gasteiger partial charge in [0.1, 0.15) is 20.6 Å². The van der Waals surface area contributed by atoms with Crippen molar-refractivity contribution in [1.29, 1.82) is 0 Å². The second kappa shape index (κ2) is 5.23. The molecule has 0 fully saturated rings. The molecule has 1 N–H and O–H groups in total. The van der Waals surface area contributed by atoms with Crippen molar-refractivity contribution in [3.8, 4) is 0 Å². The van der Waals surface area contributed by atoms with Crippen molar-refractivity contribution in [3.05, 3.63) is 18.3 Å². The molecule has 1 atom stereocenters. The van der Waals surface area contributed by atoms with Crippen molar-refractivity contribution in [2.24, 2.45) is 0 Å². The molecule has 1 unspecified atom stereocenters. The predicted molar refractivity (Wildman–Crippen MR) is 70.1 cm³/mol. The van der Waals surface area contributed by atoms with Crippen LogP contribution in [0.2, 0.25) is 0 Å². The lowest BCUT2D eigenvalue weighted by Crippen LogP contribution is -2.26. The maximum Gasteiger partial charge on any atom is 0.179 e. The molecule has 1 rings (SSSR count). The van der Waals surface area contributed by atoms with Gasteiger partial charge in [0.15, 0.2) is 9.84 Å². The lowest BCUT2D eigenvalue weighted by molar-refractivity contribution is 0.598. The molecule has 0 saturated heterocycles. The summed E-state index contributed by atoms with van der Waals surface area (Å²) in [6.07, 6.45) is 3.65. The second-order valence-electron chi connectivity index (χ2n) is 4.26. The van der Waals surface area contributed by atoms with Gasteiger partial charge in [-0.15, -0.1) is 0 Å². The van der Waals surface area contributed by atoms with E-state index in [1.165, 1.54) is 18.3 Å². The molecule has 0 saturated carbocycles. The van der Waals surface area contributed by atoms with Gasteiger partial charge >= 0.3 is 0 Å². The average molecular weight is 292 g/mol. The number of aromatic nitrogens is 1. The van der Waals surface area contributed by atoms with Crippen LogP contribution in [0.4, 0.5) is 5.82 Å². The van der Waals surface area contributed by atoms with E-state index in [1.54, 1.807) is 6.92 Å². The summed E-state index contributed by atoms with van der Waals surface area (Å²) in [6, 6.07) is 2.52. The monoisotopic (exact) mass is 292 g/mol. The molecule has 102 valence electrons. The predicted octanol–water partition coefficient (Wildman–Crippen LogP) is 0.330. The first kappa shape index (κ1) is 14.9. The van der Waals surface area contributed by atoms with E-state index in [-0.39, 0.29) is 16.5 Å². The van der Waals surface area contributed by atoms with Crippen LogP contribution in [0.15, 0.2) is 23.2 Å². The molecule has 0 bridgehead atoms. The van der Waals surface area contributed by atoms with Crippen molar-refractivity contribution in [1.82, 2.24) is 4.98 Å². The molecular weight excluding hydrogens is 276 g/mol. The van der Waals surface area contributed by atoms with Gasteiger partial charge in [-0.05, 0) is 19.1 Å². The first-order chi connectivity index (χ1) is 8.09. The van der Waals surface area contributed by atoms with E-state index in [0.29, 0.717) is 0 Å². The first-order valence-corrected chi connectivity index (χ1v) is 9.14. The highest BCUT2D eigenvalue weighted by molar-refractivity contribution is 7.91. The van der Waals surface area contributed by atoms with Crippen LogP contribution < -0.4 is 5.32 Å². The number of nitrogens with one attached hydrogen (secondary N) is 1. The number of hydrogen-bond donors (Lipinski definition) is 1. The normalized spacial score (nSPS) is 14.2. The molecular formula is C10H16N2O4S2. The summed E-state index contributed by atoms with van der Waals surface area (Å²) < 4.78 is 45.3. The van der Waals surface area contributed by atoms with Crippen LogP contribution in [0, 0.1) is 0 Å². The molecule has 1 heterocycles. The van der Waals surface area contributed by atoms with Crippen molar-refractivity contribution in [3.63, 3.8) is 0 Å². The third-order valence-electron chi connectivity index (χ3n) is 2.11. The molecule has 0 radical (unpaired) electrons. The minimum absolute atomic E-state index is 0.0605. The third-order valence-corrected chi connectivity index (χ3v) is 4.34. The number of pyridine rings is 1. The standard InChI is InChI=1S/C10H16N2O4S2/c1-8(7-17(2,13)14)12-10-9(18(3,15)16)5-4-6-11-10/h4-6,8H,7H2,1-3H3,(H,11,12). The molecule has 18 heavy (non-hydrogen) atoms. The highest BCUT2D eigenvalue weighted by Gasteiger charge is 2.17. The average Bonchev–Trinajstić information content (AvgIpc) is 2.13. The summed E-state index contributed by atoms with van der Waals surface area (Å²) >= 11 is 0. The number of anilines is 1. The Morgan fingerprint density at radius 2 is 1.89 bits per heavy atom. The molecule has 0 amide bonds. The lowest BCUT2D eigenvalue weighted by atomic mass is 10.3. The van der Waals surface area contributed by atoms with E-state index >= 15 is 0 Å². The fourth-order valence-electron chi connectivity index (χ4n) is 1.53. The SMILES string of the molecule is CC(CS(C)(=O)=O)Nc1ncccc1S(C)(=O)=O. The molecule has 6 nitrogen and oxygen atoms in total. The maximum absolute atomic E-state index is 11.5. The first-order valence-electron chi connectivity index (χ1n) is 5.19. The van der Waals surface area contributed by atoms with Gasteiger partial charge in [-0.25, -0.2) is 21.8 Å². The van der Waals surface area contributed by atoms with Crippen LogP contribution in [0.5, 0.6) is 0 Å². The highest BCUT2D eigenvalue weighted by atomic mass is 32.2. The Hall–Kier alpha value is -1.15. The highest BCUT2D eigenvalue weighted by Crippen LogP contribution is 2.18. The van der Waals surface area contributed by atoms with E-state index in [4.69, 9.17) is 0 Å². The number of sulfone groups is 2. The summed E-state index contributed by atoms with van der Waals surface area (Å²) in [5, 5.41) is 2.80. The Labute approximate surface area is 107 Å².